The van der Waals surface area contributed by atoms with Gasteiger partial charge in [-0.05, 0) is 5.56 Å². The van der Waals surface area contributed by atoms with Crippen LogP contribution in [-0.2, 0) is 32.0 Å². The van der Waals surface area contributed by atoms with Crippen LogP contribution in [0.1, 0.15) is 5.56 Å². The van der Waals surface area contributed by atoms with E-state index in [1.165, 1.54) is 23.2 Å². The van der Waals surface area contributed by atoms with E-state index in [2.05, 4.69) is 4.98 Å². The van der Waals surface area contributed by atoms with Gasteiger partial charge in [-0.3, -0.25) is 23.3 Å². The van der Waals surface area contributed by atoms with E-state index in [1.54, 1.807) is 11.9 Å². The highest BCUT2D eigenvalue weighted by atomic mass is 16.4. The second-order valence-electron chi connectivity index (χ2n) is 6.11. The van der Waals surface area contributed by atoms with Crippen LogP contribution in [0.2, 0.25) is 0 Å². The Kier molecular flexibility index (Phi) is 4.37. The van der Waals surface area contributed by atoms with Crippen LogP contribution in [0.5, 0.6) is 0 Å². The van der Waals surface area contributed by atoms with E-state index in [0.29, 0.717) is 12.5 Å². The third kappa shape index (κ3) is 2.87. The van der Waals surface area contributed by atoms with Crippen molar-refractivity contribution in [2.75, 3.05) is 11.9 Å². The molecule has 9 nitrogen and oxygen atoms in total. The molecule has 0 aliphatic heterocycles. The number of aromatic nitrogens is 4. The topological polar surface area (TPSA) is 102 Å². The lowest BCUT2D eigenvalue weighted by atomic mass is 10.2. The summed E-state index contributed by atoms with van der Waals surface area (Å²) in [5, 5.41) is 9.28. The van der Waals surface area contributed by atoms with E-state index < -0.39 is 23.8 Å². The Morgan fingerprint density at radius 3 is 2.42 bits per heavy atom. The van der Waals surface area contributed by atoms with Gasteiger partial charge < -0.3 is 10.0 Å². The molecule has 9 heteroatoms. The predicted molar refractivity (Wildman–Crippen MR) is 96.4 cm³/mol. The number of carbonyl (C=O) groups is 1. The van der Waals surface area contributed by atoms with Gasteiger partial charge in [0, 0.05) is 27.7 Å². The number of carboxylic acids is 1. The van der Waals surface area contributed by atoms with Gasteiger partial charge in [0.25, 0.3) is 5.56 Å². The van der Waals surface area contributed by atoms with Crippen LogP contribution in [0, 0.1) is 0 Å². The summed E-state index contributed by atoms with van der Waals surface area (Å²) in [5.41, 5.74) is 0.169. The van der Waals surface area contributed by atoms with Crippen LogP contribution in [0.25, 0.3) is 11.2 Å². The van der Waals surface area contributed by atoms with Gasteiger partial charge in [0.1, 0.15) is 6.54 Å². The number of hydrogen-bond acceptors (Lipinski definition) is 5. The summed E-state index contributed by atoms with van der Waals surface area (Å²) in [7, 11) is 4.62. The molecule has 26 heavy (non-hydrogen) atoms. The summed E-state index contributed by atoms with van der Waals surface area (Å²) in [4.78, 5) is 42.2. The maximum atomic E-state index is 12.6. The largest absolute Gasteiger partial charge is 0.480 e. The van der Waals surface area contributed by atoms with Crippen molar-refractivity contribution in [2.24, 2.45) is 14.1 Å². The van der Waals surface area contributed by atoms with Crippen molar-refractivity contribution >= 4 is 23.1 Å². The first-order valence-corrected chi connectivity index (χ1v) is 7.94. The number of anilines is 1. The van der Waals surface area contributed by atoms with E-state index in [1.807, 2.05) is 30.3 Å². The number of aliphatic carboxylic acids is 1. The highest BCUT2D eigenvalue weighted by Gasteiger charge is 2.22. The number of imidazole rings is 1. The first-order chi connectivity index (χ1) is 12.3. The molecule has 1 N–H and O–H groups in total. The predicted octanol–water partition coefficient (Wildman–Crippen LogP) is 0.155. The van der Waals surface area contributed by atoms with Crippen molar-refractivity contribution < 1.29 is 9.90 Å². The Morgan fingerprint density at radius 2 is 1.81 bits per heavy atom. The number of rotatable bonds is 5. The van der Waals surface area contributed by atoms with Gasteiger partial charge in [0.05, 0.1) is 0 Å². The maximum absolute atomic E-state index is 12.6. The van der Waals surface area contributed by atoms with Crippen LogP contribution in [-0.4, -0.2) is 36.8 Å². The van der Waals surface area contributed by atoms with Gasteiger partial charge in [-0.15, -0.1) is 0 Å². The van der Waals surface area contributed by atoms with E-state index in [4.69, 9.17) is 0 Å². The first-order valence-electron chi connectivity index (χ1n) is 7.94. The molecule has 1 aromatic carbocycles. The Labute approximate surface area is 148 Å². The van der Waals surface area contributed by atoms with Crippen LogP contribution >= 0.6 is 0 Å². The SMILES string of the molecule is CN(Cc1ccccc1)c1nc2c(c(=O)n(C)c(=O)n2C)n1CC(=O)O. The molecule has 0 bridgehead atoms. The van der Waals surface area contributed by atoms with Crippen molar-refractivity contribution in [1.82, 2.24) is 18.7 Å². The summed E-state index contributed by atoms with van der Waals surface area (Å²) in [6.45, 7) is 0.0381. The standard InChI is InChI=1S/C17H19N5O4/c1-19(9-11-7-5-4-6-8-11)16-18-14-13(22(16)10-12(23)24)15(25)21(3)17(26)20(14)2/h4-8H,9-10H2,1-3H3,(H,23,24). The van der Waals surface area contributed by atoms with Crippen molar-refractivity contribution in [3.8, 4) is 0 Å². The zero-order valence-corrected chi connectivity index (χ0v) is 14.7. The minimum Gasteiger partial charge on any atom is -0.480 e. The zero-order valence-electron chi connectivity index (χ0n) is 14.7. The van der Waals surface area contributed by atoms with Crippen molar-refractivity contribution in [3.05, 3.63) is 56.7 Å². The molecule has 3 rings (SSSR count). The minimum atomic E-state index is -1.10. The van der Waals surface area contributed by atoms with Crippen molar-refractivity contribution in [1.29, 1.82) is 0 Å². The molecule has 0 saturated heterocycles. The molecule has 0 aliphatic rings. The Bertz CT molecular complexity index is 1090. The molecule has 3 aromatic rings. The number of aryl methyl sites for hydroxylation is 1. The number of carboxylic acid groups (broad SMARTS) is 1. The molecule has 0 amide bonds. The fourth-order valence-corrected chi connectivity index (χ4v) is 2.94. The van der Waals surface area contributed by atoms with Gasteiger partial charge >= 0.3 is 11.7 Å². The third-order valence-corrected chi connectivity index (χ3v) is 4.23. The third-order valence-electron chi connectivity index (χ3n) is 4.23. The minimum absolute atomic E-state index is 0.0897. The quantitative estimate of drug-likeness (QED) is 0.698. The highest BCUT2D eigenvalue weighted by molar-refractivity contribution is 5.78. The fraction of sp³-hybridized carbons (Fsp3) is 0.294. The van der Waals surface area contributed by atoms with E-state index in [0.717, 1.165) is 10.1 Å². The normalized spacial score (nSPS) is 11.0. The lowest BCUT2D eigenvalue weighted by Gasteiger charge is -2.19. The summed E-state index contributed by atoms with van der Waals surface area (Å²) in [6.07, 6.45) is 0. The molecule has 0 unspecified atom stereocenters. The van der Waals surface area contributed by atoms with Gasteiger partial charge in [-0.25, -0.2) is 4.79 Å². The average molecular weight is 357 g/mol. The monoisotopic (exact) mass is 357 g/mol. The first kappa shape index (κ1) is 17.5. The molecule has 136 valence electrons. The van der Waals surface area contributed by atoms with Gasteiger partial charge in [0.2, 0.25) is 5.95 Å². The summed E-state index contributed by atoms with van der Waals surface area (Å²) in [6, 6.07) is 9.60. The Hall–Kier alpha value is -3.36. The molecular formula is C17H19N5O4. The smallest absolute Gasteiger partial charge is 0.332 e. The lowest BCUT2D eigenvalue weighted by molar-refractivity contribution is -0.137. The average Bonchev–Trinajstić information content (AvgIpc) is 2.98. The van der Waals surface area contributed by atoms with E-state index >= 15 is 0 Å². The number of nitrogens with zero attached hydrogens (tertiary/aromatic N) is 5. The molecule has 0 spiro atoms. The van der Waals surface area contributed by atoms with Crippen LogP contribution in [0.4, 0.5) is 5.95 Å². The maximum Gasteiger partial charge on any atom is 0.332 e. The summed E-state index contributed by atoms with van der Waals surface area (Å²) >= 11 is 0. The second kappa shape index (κ2) is 6.51. The number of hydrogen-bond donors (Lipinski definition) is 1. The van der Waals surface area contributed by atoms with Crippen LogP contribution < -0.4 is 16.1 Å². The van der Waals surface area contributed by atoms with Crippen LogP contribution in [0.3, 0.4) is 0 Å². The summed E-state index contributed by atoms with van der Waals surface area (Å²) in [5.74, 6) is -0.792. The Balaban J connectivity index is 2.23. The molecular weight excluding hydrogens is 338 g/mol. The van der Waals surface area contributed by atoms with Gasteiger partial charge in [-0.1, -0.05) is 30.3 Å². The van der Waals surface area contributed by atoms with Gasteiger partial charge in [-0.2, -0.15) is 4.98 Å². The Morgan fingerprint density at radius 1 is 1.15 bits per heavy atom. The zero-order chi connectivity index (χ0) is 19.0. The van der Waals surface area contributed by atoms with Gasteiger partial charge in [0.15, 0.2) is 11.2 Å². The van der Waals surface area contributed by atoms with Crippen molar-refractivity contribution in [2.45, 2.75) is 13.1 Å². The fourth-order valence-electron chi connectivity index (χ4n) is 2.94. The summed E-state index contributed by atoms with van der Waals surface area (Å²) < 4.78 is 3.53. The van der Waals surface area contributed by atoms with E-state index in [9.17, 15) is 19.5 Å². The molecule has 0 fully saturated rings. The highest BCUT2D eigenvalue weighted by Crippen LogP contribution is 2.20. The number of fused-ring (bicyclic) bond motifs is 1. The molecule has 0 aliphatic carbocycles. The molecule has 2 aromatic heterocycles. The van der Waals surface area contributed by atoms with Crippen molar-refractivity contribution in [3.63, 3.8) is 0 Å². The molecule has 2 heterocycles. The van der Waals surface area contributed by atoms with Crippen LogP contribution in [0.15, 0.2) is 39.9 Å². The lowest BCUT2D eigenvalue weighted by Crippen LogP contribution is -2.37. The molecule has 0 saturated carbocycles. The second-order valence-corrected chi connectivity index (χ2v) is 6.11. The number of benzene rings is 1. The molecule has 0 atom stereocenters. The molecule has 0 radical (unpaired) electrons. The van der Waals surface area contributed by atoms with E-state index in [-0.39, 0.29) is 11.2 Å².